The van der Waals surface area contributed by atoms with Gasteiger partial charge in [0.2, 0.25) is 0 Å². The number of aliphatic hydroxyl groups excluding tert-OH is 1. The van der Waals surface area contributed by atoms with Crippen LogP contribution in [0.15, 0.2) is 79.0 Å². The number of non-ortho nitro benzene ring substituents is 1. The molecule has 1 spiro atoms. The first-order valence-electron chi connectivity index (χ1n) is 17.0. The molecule has 2 amide bonds. The average Bonchev–Trinajstić information content (AvgIpc) is 3.87. The van der Waals surface area contributed by atoms with Crippen LogP contribution in [-0.4, -0.2) is 76.0 Å². The fraction of sp³-hybridized carbons (Fsp3) is 0.389. The summed E-state index contributed by atoms with van der Waals surface area (Å²) >= 11 is 0. The number of aryl methyl sites for hydroxylation is 1. The Labute approximate surface area is 295 Å². The number of nitro benzene ring substituents is 1. The fourth-order valence-corrected chi connectivity index (χ4v) is 10.7. The van der Waals surface area contributed by atoms with Crippen molar-refractivity contribution in [3.05, 3.63) is 111 Å². The number of carbonyl (C=O) groups excluding carboxylic acids is 2. The number of rotatable bonds is 11. The summed E-state index contributed by atoms with van der Waals surface area (Å²) in [5, 5.41) is 30.8. The third-order valence-corrected chi connectivity index (χ3v) is 12.9. The Hall–Kier alpha value is -4.96. The molecule has 3 aliphatic rings. The predicted molar refractivity (Wildman–Crippen MR) is 189 cm³/mol. The molecule has 7 rings (SSSR count). The molecule has 14 nitrogen and oxygen atoms in total. The summed E-state index contributed by atoms with van der Waals surface area (Å²) in [6.07, 6.45) is 1.16. The lowest BCUT2D eigenvalue weighted by atomic mass is 9.82. The van der Waals surface area contributed by atoms with Gasteiger partial charge in [-0.1, -0.05) is 54.6 Å². The number of benzene rings is 3. The van der Waals surface area contributed by atoms with Crippen LogP contribution in [0.1, 0.15) is 41.6 Å². The summed E-state index contributed by atoms with van der Waals surface area (Å²) in [6, 6.07) is 21.2. The first kappa shape index (κ1) is 34.5. The van der Waals surface area contributed by atoms with Crippen molar-refractivity contribution < 1.29 is 33.9 Å². The van der Waals surface area contributed by atoms with Gasteiger partial charge in [0.05, 0.1) is 48.0 Å². The van der Waals surface area contributed by atoms with Crippen LogP contribution in [0.4, 0.5) is 21.9 Å². The Morgan fingerprint density at radius 1 is 1.10 bits per heavy atom. The van der Waals surface area contributed by atoms with Gasteiger partial charge >= 0.3 is 6.09 Å². The zero-order valence-electron chi connectivity index (χ0n) is 28.6. The average molecular weight is 713 g/mol. The number of aliphatic hydroxyl groups is 1. The molecule has 0 saturated carbocycles. The number of aromatic nitrogens is 3. The number of ether oxygens (including phenoxy) is 2. The number of hydrogen-bond acceptors (Lipinski definition) is 10. The van der Waals surface area contributed by atoms with Gasteiger partial charge in [-0.3, -0.25) is 24.5 Å². The van der Waals surface area contributed by atoms with E-state index in [1.54, 1.807) is 27.9 Å². The minimum absolute atomic E-state index is 0.128. The van der Waals surface area contributed by atoms with Gasteiger partial charge in [-0.25, -0.2) is 4.79 Å². The summed E-state index contributed by atoms with van der Waals surface area (Å²) < 4.78 is 13.7. The molecule has 2 saturated heterocycles. The third-order valence-electron chi connectivity index (χ3n) is 10.4. The number of hydrogen-bond donors (Lipinski definition) is 2. The van der Waals surface area contributed by atoms with E-state index in [1.165, 1.54) is 17.0 Å². The molecule has 51 heavy (non-hydrogen) atoms. The monoisotopic (exact) mass is 712 g/mol. The van der Waals surface area contributed by atoms with Crippen molar-refractivity contribution in [2.75, 3.05) is 29.6 Å². The number of anilines is 2. The maximum atomic E-state index is 14.8. The predicted octanol–water partition coefficient (Wildman–Crippen LogP) is 4.70. The van der Waals surface area contributed by atoms with Crippen molar-refractivity contribution in [3.8, 4) is 0 Å². The van der Waals surface area contributed by atoms with E-state index in [-0.39, 0.29) is 30.7 Å². The van der Waals surface area contributed by atoms with E-state index in [0.717, 1.165) is 11.1 Å². The molecule has 0 bridgehead atoms. The maximum Gasteiger partial charge on any atom is 0.414 e. The van der Waals surface area contributed by atoms with E-state index >= 15 is 0 Å². The molecule has 4 aromatic rings. The van der Waals surface area contributed by atoms with Gasteiger partial charge in [0.1, 0.15) is 6.61 Å². The van der Waals surface area contributed by atoms with Crippen LogP contribution in [0, 0.1) is 16.0 Å². The Morgan fingerprint density at radius 3 is 2.57 bits per heavy atom. The highest BCUT2D eigenvalue weighted by atomic mass is 28.4. The first-order chi connectivity index (χ1) is 24.4. The molecule has 5 atom stereocenters. The number of nitrogens with zero attached hydrogens (tertiary/aromatic N) is 6. The number of carbonyl (C=O) groups is 2. The highest BCUT2D eigenvalue weighted by molar-refractivity contribution is 6.71. The molecule has 266 valence electrons. The minimum atomic E-state index is -3.01. The molecular weight excluding hydrogens is 673 g/mol. The van der Waals surface area contributed by atoms with E-state index in [0.29, 0.717) is 48.7 Å². The second-order valence-corrected chi connectivity index (χ2v) is 18.0. The number of amides is 2. The van der Waals surface area contributed by atoms with E-state index in [4.69, 9.17) is 9.47 Å². The molecular formula is C36H40N6O8Si. The lowest BCUT2D eigenvalue weighted by Crippen LogP contribution is -2.46. The van der Waals surface area contributed by atoms with Gasteiger partial charge in [-0.15, -0.1) is 5.10 Å². The largest absolute Gasteiger partial charge is 0.447 e. The highest BCUT2D eigenvalue weighted by Gasteiger charge is 2.66. The molecule has 3 aromatic carbocycles. The van der Waals surface area contributed by atoms with E-state index in [1.807, 2.05) is 68.5 Å². The van der Waals surface area contributed by atoms with Crippen molar-refractivity contribution in [2.24, 2.45) is 5.92 Å². The lowest BCUT2D eigenvalue weighted by Gasteiger charge is -2.32. The van der Waals surface area contributed by atoms with Crippen LogP contribution in [-0.2, 0) is 33.0 Å². The molecule has 2 fully saturated rings. The second-order valence-electron chi connectivity index (χ2n) is 14.0. The van der Waals surface area contributed by atoms with Crippen molar-refractivity contribution in [1.82, 2.24) is 15.0 Å². The van der Waals surface area contributed by atoms with E-state index in [2.05, 4.69) is 10.3 Å². The van der Waals surface area contributed by atoms with Crippen LogP contribution in [0.2, 0.25) is 18.6 Å². The number of fused-ring (bicyclic) bond motifs is 2. The van der Waals surface area contributed by atoms with Gasteiger partial charge in [0.15, 0.2) is 13.9 Å². The SMILES string of the molecule is C[C@@H]1[C@@H]([Si](C)(C)O)[C@H](CCn2cc(C(CO)c3ccccc3)nn2)O[C@@]12C(=O)N(Cc1cccc(N3CCOC3=O)c1)c1ccc([N+](=O)[O-])cc12. The zero-order valence-corrected chi connectivity index (χ0v) is 29.6. The Balaban J connectivity index is 1.20. The van der Waals surface area contributed by atoms with Crippen molar-refractivity contribution >= 4 is 37.4 Å². The molecule has 0 aliphatic carbocycles. The smallest absolute Gasteiger partial charge is 0.414 e. The summed E-state index contributed by atoms with van der Waals surface area (Å²) in [4.78, 5) is 53.4. The zero-order chi connectivity index (χ0) is 36.1. The van der Waals surface area contributed by atoms with Crippen molar-refractivity contribution in [1.29, 1.82) is 0 Å². The fourth-order valence-electron chi connectivity index (χ4n) is 8.14. The van der Waals surface area contributed by atoms with Gasteiger partial charge < -0.3 is 24.3 Å². The van der Waals surface area contributed by atoms with Crippen LogP contribution < -0.4 is 9.80 Å². The molecule has 3 aliphatic heterocycles. The quantitative estimate of drug-likeness (QED) is 0.126. The van der Waals surface area contributed by atoms with Gasteiger partial charge in [0, 0.05) is 47.6 Å². The number of cyclic esters (lactones) is 1. The summed E-state index contributed by atoms with van der Waals surface area (Å²) in [5.74, 6) is -1.23. The number of nitro groups is 1. The molecule has 0 radical (unpaired) electrons. The van der Waals surface area contributed by atoms with Crippen molar-refractivity contribution in [2.45, 2.75) is 62.7 Å². The third kappa shape index (κ3) is 6.09. The van der Waals surface area contributed by atoms with Crippen molar-refractivity contribution in [3.63, 3.8) is 0 Å². The maximum absolute atomic E-state index is 14.8. The standard InChI is InChI=1S/C36H40N6O8Si/c1-23-33(51(2,3)48)32(14-15-39-21-30(37-38-39)28(22-43)25-9-5-4-6-10-25)50-36(23)29-19-27(42(46)47)12-13-31(29)41(34(36)44)20-24-8-7-11-26(18-24)40-16-17-49-35(40)45/h4-13,18-19,21,23,28,32-33,43,48H,14-17,20,22H2,1-3H3/t23-,28?,32+,33-,36+/m1/s1. The first-order valence-corrected chi connectivity index (χ1v) is 20.0. The van der Waals surface area contributed by atoms with Crippen LogP contribution in [0.3, 0.4) is 0 Å². The molecule has 2 N–H and O–H groups in total. The summed E-state index contributed by atoms with van der Waals surface area (Å²) in [5.41, 5.74) is 1.66. The van der Waals surface area contributed by atoms with E-state index < -0.39 is 42.5 Å². The van der Waals surface area contributed by atoms with Crippen LogP contribution in [0.25, 0.3) is 0 Å². The summed E-state index contributed by atoms with van der Waals surface area (Å²) in [6.45, 7) is 6.59. The summed E-state index contributed by atoms with van der Waals surface area (Å²) in [7, 11) is -3.01. The van der Waals surface area contributed by atoms with Crippen LogP contribution in [0.5, 0.6) is 0 Å². The topological polar surface area (TPSA) is 173 Å². The van der Waals surface area contributed by atoms with E-state index in [9.17, 15) is 29.6 Å². The van der Waals surface area contributed by atoms with Gasteiger partial charge in [-0.05, 0) is 48.8 Å². The lowest BCUT2D eigenvalue weighted by molar-refractivity contribution is -0.385. The molecule has 1 aromatic heterocycles. The molecule has 4 heterocycles. The Bertz CT molecular complexity index is 1970. The highest BCUT2D eigenvalue weighted by Crippen LogP contribution is 2.60. The van der Waals surface area contributed by atoms with Gasteiger partial charge in [0.25, 0.3) is 11.6 Å². The minimum Gasteiger partial charge on any atom is -0.447 e. The molecule has 15 heteroatoms. The Morgan fingerprint density at radius 2 is 1.88 bits per heavy atom. The second kappa shape index (κ2) is 13.3. The van der Waals surface area contributed by atoms with Crippen LogP contribution >= 0.6 is 0 Å². The molecule has 1 unspecified atom stereocenters. The normalized spacial score (nSPS) is 23.6. The Kier molecular flexibility index (Phi) is 8.99. The van der Waals surface area contributed by atoms with Gasteiger partial charge in [-0.2, -0.15) is 0 Å².